The Labute approximate surface area is 128 Å². The normalized spacial score (nSPS) is 11.7. The maximum Gasteiger partial charge on any atom is 0.0731 e. The SMILES string of the molecule is CN=Cc1ccc2[nH]cc(-c3ccc4ccccc4n3)c2c1. The van der Waals surface area contributed by atoms with Gasteiger partial charge in [0.15, 0.2) is 0 Å². The topological polar surface area (TPSA) is 41.0 Å². The zero-order valence-electron chi connectivity index (χ0n) is 12.2. The molecule has 0 radical (unpaired) electrons. The van der Waals surface area contributed by atoms with E-state index in [1.54, 1.807) is 7.05 Å². The summed E-state index contributed by atoms with van der Waals surface area (Å²) in [4.78, 5) is 12.2. The number of nitrogens with one attached hydrogen (secondary N) is 1. The molecule has 0 saturated heterocycles. The zero-order valence-corrected chi connectivity index (χ0v) is 12.2. The van der Waals surface area contributed by atoms with Crippen LogP contribution in [-0.4, -0.2) is 23.2 Å². The summed E-state index contributed by atoms with van der Waals surface area (Å²) in [6.07, 6.45) is 3.89. The Kier molecular flexibility index (Phi) is 2.97. The highest BCUT2D eigenvalue weighted by atomic mass is 14.7. The molecule has 0 amide bonds. The molecular weight excluding hydrogens is 270 g/mol. The third-order valence-electron chi connectivity index (χ3n) is 3.86. The Bertz CT molecular complexity index is 996. The maximum absolute atomic E-state index is 4.79. The van der Waals surface area contributed by atoms with E-state index in [1.807, 2.05) is 30.6 Å². The number of rotatable bonds is 2. The molecule has 0 spiro atoms. The predicted octanol–water partition coefficient (Wildman–Crippen LogP) is 4.43. The van der Waals surface area contributed by atoms with Crippen molar-refractivity contribution in [2.45, 2.75) is 0 Å². The van der Waals surface area contributed by atoms with Gasteiger partial charge in [0.05, 0.1) is 11.2 Å². The quantitative estimate of drug-likeness (QED) is 0.544. The molecule has 3 nitrogen and oxygen atoms in total. The first-order valence-electron chi connectivity index (χ1n) is 7.24. The fourth-order valence-corrected chi connectivity index (χ4v) is 2.80. The molecule has 0 atom stereocenters. The fraction of sp³-hybridized carbons (Fsp3) is 0.0526. The number of fused-ring (bicyclic) bond motifs is 2. The molecule has 3 heteroatoms. The van der Waals surface area contributed by atoms with Gasteiger partial charge in [0.2, 0.25) is 0 Å². The van der Waals surface area contributed by atoms with Gasteiger partial charge in [0, 0.05) is 41.3 Å². The Hall–Kier alpha value is -2.94. The van der Waals surface area contributed by atoms with E-state index in [2.05, 4.69) is 46.4 Å². The Balaban J connectivity index is 1.93. The Morgan fingerprint density at radius 3 is 2.86 bits per heavy atom. The number of aromatic amines is 1. The van der Waals surface area contributed by atoms with Crippen LogP contribution in [0.5, 0.6) is 0 Å². The van der Waals surface area contributed by atoms with Crippen molar-refractivity contribution in [1.82, 2.24) is 9.97 Å². The highest BCUT2D eigenvalue weighted by Crippen LogP contribution is 2.29. The molecule has 2 aromatic heterocycles. The van der Waals surface area contributed by atoms with Crippen LogP contribution in [0.1, 0.15) is 5.56 Å². The standard InChI is InChI=1S/C19H15N3/c1-20-11-13-6-8-18-15(10-13)16(12-21-18)19-9-7-14-4-2-3-5-17(14)22-19/h2-12,21H,1H3. The van der Waals surface area contributed by atoms with Crippen LogP contribution < -0.4 is 0 Å². The van der Waals surface area contributed by atoms with E-state index in [4.69, 9.17) is 4.98 Å². The van der Waals surface area contributed by atoms with Crippen LogP contribution in [0.15, 0.2) is 65.8 Å². The molecule has 2 heterocycles. The van der Waals surface area contributed by atoms with Crippen molar-refractivity contribution in [3.05, 3.63) is 66.4 Å². The van der Waals surface area contributed by atoms with Gasteiger partial charge in [-0.2, -0.15) is 0 Å². The second-order valence-corrected chi connectivity index (χ2v) is 5.28. The Morgan fingerprint density at radius 1 is 1.05 bits per heavy atom. The predicted molar refractivity (Wildman–Crippen MR) is 92.6 cm³/mol. The summed E-state index contributed by atoms with van der Waals surface area (Å²) < 4.78 is 0. The van der Waals surface area contributed by atoms with Crippen LogP contribution >= 0.6 is 0 Å². The molecular formula is C19H15N3. The number of aliphatic imine (C=N–C) groups is 1. The monoisotopic (exact) mass is 285 g/mol. The van der Waals surface area contributed by atoms with Crippen molar-refractivity contribution < 1.29 is 0 Å². The van der Waals surface area contributed by atoms with Crippen LogP contribution in [0, 0.1) is 0 Å². The first-order chi connectivity index (χ1) is 10.8. The van der Waals surface area contributed by atoms with Gasteiger partial charge >= 0.3 is 0 Å². The van der Waals surface area contributed by atoms with Gasteiger partial charge in [0.1, 0.15) is 0 Å². The number of nitrogens with zero attached hydrogens (tertiary/aromatic N) is 2. The molecule has 4 aromatic rings. The van der Waals surface area contributed by atoms with Crippen LogP contribution in [0.25, 0.3) is 33.1 Å². The molecule has 0 aliphatic heterocycles. The van der Waals surface area contributed by atoms with Gasteiger partial charge in [-0.25, -0.2) is 4.98 Å². The van der Waals surface area contributed by atoms with E-state index in [0.29, 0.717) is 0 Å². The van der Waals surface area contributed by atoms with Gasteiger partial charge in [-0.05, 0) is 29.8 Å². The molecule has 2 aromatic carbocycles. The van der Waals surface area contributed by atoms with Gasteiger partial charge in [-0.1, -0.05) is 30.3 Å². The molecule has 0 aliphatic carbocycles. The van der Waals surface area contributed by atoms with E-state index in [0.717, 1.165) is 33.2 Å². The number of benzene rings is 2. The minimum atomic E-state index is 0.982. The fourth-order valence-electron chi connectivity index (χ4n) is 2.80. The minimum Gasteiger partial charge on any atom is -0.360 e. The zero-order chi connectivity index (χ0) is 14.9. The van der Waals surface area contributed by atoms with E-state index in [1.165, 1.54) is 5.39 Å². The number of hydrogen-bond acceptors (Lipinski definition) is 2. The summed E-state index contributed by atoms with van der Waals surface area (Å²) >= 11 is 0. The first-order valence-corrected chi connectivity index (χ1v) is 7.24. The molecule has 22 heavy (non-hydrogen) atoms. The van der Waals surface area contributed by atoms with E-state index < -0.39 is 0 Å². The van der Waals surface area contributed by atoms with Crippen LogP contribution in [0.4, 0.5) is 0 Å². The van der Waals surface area contributed by atoms with E-state index in [9.17, 15) is 0 Å². The lowest BCUT2D eigenvalue weighted by molar-refractivity contribution is 1.40. The third-order valence-corrected chi connectivity index (χ3v) is 3.86. The summed E-state index contributed by atoms with van der Waals surface area (Å²) in [5.41, 5.74) is 5.32. The second kappa shape index (κ2) is 5.11. The van der Waals surface area contributed by atoms with E-state index in [-0.39, 0.29) is 0 Å². The Morgan fingerprint density at radius 2 is 1.95 bits per heavy atom. The molecule has 0 saturated carbocycles. The molecule has 4 rings (SSSR count). The van der Waals surface area contributed by atoms with Crippen molar-refractivity contribution in [3.8, 4) is 11.3 Å². The van der Waals surface area contributed by atoms with Crippen molar-refractivity contribution in [2.24, 2.45) is 4.99 Å². The molecule has 0 aliphatic rings. The summed E-state index contributed by atoms with van der Waals surface area (Å²) in [6.45, 7) is 0. The van der Waals surface area contributed by atoms with Gasteiger partial charge < -0.3 is 4.98 Å². The van der Waals surface area contributed by atoms with Gasteiger partial charge in [-0.15, -0.1) is 0 Å². The molecule has 1 N–H and O–H groups in total. The number of aromatic nitrogens is 2. The third kappa shape index (κ3) is 2.07. The van der Waals surface area contributed by atoms with Gasteiger partial charge in [-0.3, -0.25) is 4.99 Å². The number of pyridine rings is 1. The van der Waals surface area contributed by atoms with Crippen molar-refractivity contribution in [3.63, 3.8) is 0 Å². The average Bonchev–Trinajstić information content (AvgIpc) is 2.98. The van der Waals surface area contributed by atoms with Crippen LogP contribution in [0.3, 0.4) is 0 Å². The van der Waals surface area contributed by atoms with Crippen molar-refractivity contribution >= 4 is 28.0 Å². The summed E-state index contributed by atoms with van der Waals surface area (Å²) in [5.74, 6) is 0. The first kappa shape index (κ1) is 12.8. The summed E-state index contributed by atoms with van der Waals surface area (Å²) in [5, 5.41) is 2.32. The smallest absolute Gasteiger partial charge is 0.0731 e. The number of para-hydroxylation sites is 1. The van der Waals surface area contributed by atoms with E-state index >= 15 is 0 Å². The molecule has 0 bridgehead atoms. The van der Waals surface area contributed by atoms with Crippen LogP contribution in [0.2, 0.25) is 0 Å². The lowest BCUT2D eigenvalue weighted by atomic mass is 10.1. The highest BCUT2D eigenvalue weighted by Gasteiger charge is 2.08. The lowest BCUT2D eigenvalue weighted by Crippen LogP contribution is -1.85. The lowest BCUT2D eigenvalue weighted by Gasteiger charge is -2.02. The van der Waals surface area contributed by atoms with Crippen molar-refractivity contribution in [2.75, 3.05) is 7.05 Å². The molecule has 0 fully saturated rings. The molecule has 106 valence electrons. The number of hydrogen-bond donors (Lipinski definition) is 1. The highest BCUT2D eigenvalue weighted by molar-refractivity contribution is 5.99. The minimum absolute atomic E-state index is 0.982. The average molecular weight is 285 g/mol. The molecule has 0 unspecified atom stereocenters. The maximum atomic E-state index is 4.79. The van der Waals surface area contributed by atoms with Crippen LogP contribution in [-0.2, 0) is 0 Å². The summed E-state index contributed by atoms with van der Waals surface area (Å²) in [7, 11) is 1.78. The number of H-pyrrole nitrogens is 1. The summed E-state index contributed by atoms with van der Waals surface area (Å²) in [6, 6.07) is 18.7. The van der Waals surface area contributed by atoms with Gasteiger partial charge in [0.25, 0.3) is 0 Å². The second-order valence-electron chi connectivity index (χ2n) is 5.28. The largest absolute Gasteiger partial charge is 0.360 e. The van der Waals surface area contributed by atoms with Crippen molar-refractivity contribution in [1.29, 1.82) is 0 Å².